The molecule has 3 aliphatic rings. The van der Waals surface area contributed by atoms with Gasteiger partial charge in [0.05, 0.1) is 44.8 Å². The molecule has 0 bridgehead atoms. The van der Waals surface area contributed by atoms with E-state index < -0.39 is 18.0 Å². The monoisotopic (exact) mass is 776 g/mol. The average molecular weight is 778 g/mol. The highest BCUT2D eigenvalue weighted by molar-refractivity contribution is 6.40. The third kappa shape index (κ3) is 7.78. The normalized spacial score (nSPS) is 19.5. The van der Waals surface area contributed by atoms with Gasteiger partial charge in [0.2, 0.25) is 0 Å². The lowest BCUT2D eigenvalue weighted by molar-refractivity contribution is -0.143. The number of fused-ring (bicyclic) bond motifs is 2. The molecule has 1 aliphatic carbocycles. The number of benzene rings is 2. The minimum Gasteiger partial charge on any atom is -0.481 e. The molecule has 0 saturated heterocycles. The van der Waals surface area contributed by atoms with Gasteiger partial charge in [-0.05, 0) is 50.7 Å². The van der Waals surface area contributed by atoms with E-state index in [-0.39, 0.29) is 27.7 Å². The van der Waals surface area contributed by atoms with Crippen molar-refractivity contribution in [1.29, 1.82) is 0 Å². The summed E-state index contributed by atoms with van der Waals surface area (Å²) in [5.74, 6) is -0.674. The molecule has 1 atom stereocenters. The summed E-state index contributed by atoms with van der Waals surface area (Å²) < 4.78 is 3.67. The molecule has 286 valence electrons. The summed E-state index contributed by atoms with van der Waals surface area (Å²) in [6.45, 7) is 6.02. The predicted molar refractivity (Wildman–Crippen MR) is 207 cm³/mol. The van der Waals surface area contributed by atoms with Gasteiger partial charge in [-0.3, -0.25) is 24.2 Å². The summed E-state index contributed by atoms with van der Waals surface area (Å²) in [6.07, 6.45) is 4.32. The van der Waals surface area contributed by atoms with E-state index in [0.717, 1.165) is 80.9 Å². The second-order valence-corrected chi connectivity index (χ2v) is 15.6. The third-order valence-electron chi connectivity index (χ3n) is 11.1. The molecule has 2 aromatic carbocycles. The van der Waals surface area contributed by atoms with E-state index in [1.54, 1.807) is 43.3 Å². The molecule has 2 aliphatic heterocycles. The zero-order valence-electron chi connectivity index (χ0n) is 30.7. The molecule has 1 saturated carbocycles. The number of hydrogen-bond acceptors (Lipinski definition) is 8. The lowest BCUT2D eigenvalue weighted by atomic mass is 9.81. The highest BCUT2D eigenvalue weighted by atomic mass is 35.5. The molecule has 0 unspecified atom stereocenters. The fourth-order valence-electron chi connectivity index (χ4n) is 8.24. The summed E-state index contributed by atoms with van der Waals surface area (Å²) in [5, 5.41) is 25.6. The molecule has 0 radical (unpaired) electrons. The van der Waals surface area contributed by atoms with Crippen LogP contribution in [0, 0.1) is 11.8 Å². The second kappa shape index (κ2) is 15.8. The van der Waals surface area contributed by atoms with Crippen LogP contribution in [-0.2, 0) is 44.8 Å². The Hall–Kier alpha value is -4.27. The van der Waals surface area contributed by atoms with Crippen LogP contribution in [0.4, 0.5) is 11.4 Å². The number of amides is 2. The molecule has 13 nitrogen and oxygen atoms in total. The van der Waals surface area contributed by atoms with E-state index in [0.29, 0.717) is 53.9 Å². The molecule has 2 amide bonds. The fourth-order valence-corrected chi connectivity index (χ4v) is 8.79. The van der Waals surface area contributed by atoms with Crippen molar-refractivity contribution in [3.8, 4) is 11.1 Å². The van der Waals surface area contributed by atoms with Gasteiger partial charge >= 0.3 is 5.97 Å². The minimum absolute atomic E-state index is 0.227. The lowest BCUT2D eigenvalue weighted by Crippen LogP contribution is -2.36. The maximum Gasteiger partial charge on any atom is 0.306 e. The number of carboxylic acids is 1. The topological polar surface area (TPSA) is 158 Å². The van der Waals surface area contributed by atoms with Gasteiger partial charge in [0.15, 0.2) is 11.6 Å². The summed E-state index contributed by atoms with van der Waals surface area (Å²) in [4.78, 5) is 52.5. The smallest absolute Gasteiger partial charge is 0.306 e. The molecule has 4 aromatic rings. The van der Waals surface area contributed by atoms with Crippen molar-refractivity contribution < 1.29 is 24.6 Å². The number of β-amino-alcohol motifs (C(OH)–C–C–N with tert-alkyl or cyclic N) is 1. The number of aliphatic hydroxyl groups excluding tert-OH is 1. The van der Waals surface area contributed by atoms with Gasteiger partial charge < -0.3 is 30.0 Å². The number of carbonyl (C=O) groups is 3. The van der Waals surface area contributed by atoms with Crippen molar-refractivity contribution in [3.05, 3.63) is 80.9 Å². The highest BCUT2D eigenvalue weighted by Crippen LogP contribution is 2.40. The highest BCUT2D eigenvalue weighted by Gasteiger charge is 2.31. The SMILES string of the molecule is C[C@@H](O)CN1CCc2c(nc(C(=O)Nc3cccc(-c4cccc(NC(=O)c5nc6c(n5C)CCN(C[C@H]5CC[C@@H](C(=O)O)CC5)C6)c4Cl)c3Cl)n2C)C1. The molecule has 4 heterocycles. The molecular weight excluding hydrogens is 731 g/mol. The number of anilines is 2. The number of imidazole rings is 2. The Kier molecular flexibility index (Phi) is 11.1. The van der Waals surface area contributed by atoms with Gasteiger partial charge in [0.1, 0.15) is 0 Å². The molecule has 15 heteroatoms. The summed E-state index contributed by atoms with van der Waals surface area (Å²) >= 11 is 13.9. The predicted octanol–water partition coefficient (Wildman–Crippen LogP) is 5.62. The maximum absolute atomic E-state index is 13.7. The summed E-state index contributed by atoms with van der Waals surface area (Å²) in [5.41, 5.74) is 5.66. The number of rotatable bonds is 10. The number of aliphatic carboxylic acids is 1. The van der Waals surface area contributed by atoms with Crippen LogP contribution in [0.1, 0.15) is 76.6 Å². The van der Waals surface area contributed by atoms with Crippen molar-refractivity contribution in [3.63, 3.8) is 0 Å². The van der Waals surface area contributed by atoms with Crippen LogP contribution in [0.25, 0.3) is 11.1 Å². The number of nitrogens with zero attached hydrogens (tertiary/aromatic N) is 6. The Bertz CT molecular complexity index is 2090. The van der Waals surface area contributed by atoms with Crippen LogP contribution in [0.15, 0.2) is 36.4 Å². The number of aromatic nitrogens is 4. The van der Waals surface area contributed by atoms with E-state index in [2.05, 4.69) is 25.4 Å². The minimum atomic E-state index is -0.690. The van der Waals surface area contributed by atoms with Crippen LogP contribution in [-0.4, -0.2) is 89.2 Å². The van der Waals surface area contributed by atoms with Crippen molar-refractivity contribution >= 4 is 52.4 Å². The Morgan fingerprint density at radius 2 is 1.28 bits per heavy atom. The zero-order valence-corrected chi connectivity index (χ0v) is 32.3. The number of carbonyl (C=O) groups excluding carboxylic acids is 2. The molecule has 1 fully saturated rings. The molecule has 0 spiro atoms. The van der Waals surface area contributed by atoms with Crippen molar-refractivity contribution in [1.82, 2.24) is 28.9 Å². The van der Waals surface area contributed by atoms with Crippen LogP contribution >= 0.6 is 23.2 Å². The van der Waals surface area contributed by atoms with Crippen LogP contribution < -0.4 is 10.6 Å². The number of hydrogen-bond donors (Lipinski definition) is 4. The van der Waals surface area contributed by atoms with Crippen molar-refractivity contribution in [2.24, 2.45) is 25.9 Å². The lowest BCUT2D eigenvalue weighted by Gasteiger charge is -2.33. The van der Waals surface area contributed by atoms with E-state index in [1.807, 2.05) is 23.2 Å². The maximum atomic E-state index is 13.7. The van der Waals surface area contributed by atoms with Gasteiger partial charge in [0.25, 0.3) is 11.8 Å². The third-order valence-corrected chi connectivity index (χ3v) is 11.9. The number of aliphatic hydroxyl groups is 1. The fraction of sp³-hybridized carbons (Fsp3) is 0.462. The van der Waals surface area contributed by atoms with E-state index in [4.69, 9.17) is 28.2 Å². The number of nitrogens with one attached hydrogen (secondary N) is 2. The number of carboxylic acid groups (broad SMARTS) is 1. The van der Waals surface area contributed by atoms with E-state index >= 15 is 0 Å². The number of halogens is 2. The second-order valence-electron chi connectivity index (χ2n) is 14.9. The van der Waals surface area contributed by atoms with Gasteiger partial charge in [-0.15, -0.1) is 0 Å². The first-order valence-electron chi connectivity index (χ1n) is 18.5. The van der Waals surface area contributed by atoms with Gasteiger partial charge in [-0.1, -0.05) is 47.5 Å². The van der Waals surface area contributed by atoms with Crippen LogP contribution in [0.3, 0.4) is 0 Å². The Morgan fingerprint density at radius 3 is 1.76 bits per heavy atom. The van der Waals surface area contributed by atoms with E-state index in [9.17, 15) is 24.6 Å². The quantitative estimate of drug-likeness (QED) is 0.161. The Labute approximate surface area is 324 Å². The largest absolute Gasteiger partial charge is 0.481 e. The standard InChI is InChI=1S/C39H46Cl2N8O5/c1-22(50)18-48-16-14-31-29(20-48)42-35(46(31)2)37(51)44-27-8-4-6-25(33(27)40)26-7-5-9-28(34(26)41)45-38(52)36-43-30-21-49(17-15-32(30)47(36)3)19-23-10-12-24(13-11-23)39(53)54/h4-9,22-24,50H,10-21H2,1-3H3,(H,44,51)(H,45,52)(H,53,54)/t22-,23-,24+/m1/s1. The summed E-state index contributed by atoms with van der Waals surface area (Å²) in [7, 11) is 3.68. The molecule has 4 N–H and O–H groups in total. The first kappa shape index (κ1) is 38.0. The van der Waals surface area contributed by atoms with E-state index in [1.165, 1.54) is 0 Å². The van der Waals surface area contributed by atoms with Gasteiger partial charge in [-0.2, -0.15) is 0 Å². The Morgan fingerprint density at radius 1 is 0.796 bits per heavy atom. The first-order chi connectivity index (χ1) is 25.9. The average Bonchev–Trinajstić information content (AvgIpc) is 3.65. The molecule has 54 heavy (non-hydrogen) atoms. The van der Waals surface area contributed by atoms with Crippen molar-refractivity contribution in [2.45, 2.75) is 64.6 Å². The van der Waals surface area contributed by atoms with Crippen molar-refractivity contribution in [2.75, 3.05) is 36.8 Å². The van der Waals surface area contributed by atoms with Gasteiger partial charge in [-0.25, -0.2) is 9.97 Å². The molecular formula is C39H46Cl2N8O5. The molecule has 7 rings (SSSR count). The first-order valence-corrected chi connectivity index (χ1v) is 19.3. The van der Waals surface area contributed by atoms with Crippen LogP contribution in [0.5, 0.6) is 0 Å². The van der Waals surface area contributed by atoms with Crippen LogP contribution in [0.2, 0.25) is 10.0 Å². The Balaban J connectivity index is 1.03. The van der Waals surface area contributed by atoms with Gasteiger partial charge in [0, 0.05) is 88.7 Å². The zero-order chi connectivity index (χ0) is 38.3. The summed E-state index contributed by atoms with van der Waals surface area (Å²) in [6, 6.07) is 10.6. The molecule has 2 aromatic heterocycles.